The van der Waals surface area contributed by atoms with Gasteiger partial charge in [-0.3, -0.25) is 10.1 Å². The topological polar surface area (TPSA) is 83.6 Å². The van der Waals surface area contributed by atoms with Gasteiger partial charge in [0.1, 0.15) is 0 Å². The molecule has 0 atom stereocenters. The molecule has 0 saturated carbocycles. The molecule has 0 aromatic heterocycles. The lowest BCUT2D eigenvalue weighted by atomic mass is 10.3. The molecule has 18 heavy (non-hydrogen) atoms. The number of non-ortho nitro benzene ring substituents is 1. The summed E-state index contributed by atoms with van der Waals surface area (Å²) in [5.41, 5.74) is 0.0351. The largest absolute Gasteiger partial charge is 0.504 e. The number of nitrogens with zero attached hydrogens (tertiary/aromatic N) is 1. The Kier molecular flexibility index (Phi) is 3.38. The van der Waals surface area contributed by atoms with Gasteiger partial charge in [0.2, 0.25) is 0 Å². The van der Waals surface area contributed by atoms with Gasteiger partial charge in [0, 0.05) is 21.9 Å². The molecule has 92 valence electrons. The SMILES string of the molecule is O=[N+]([O-])c1ccc(Sc2ccc(O)c(O)c2)cc1. The van der Waals surface area contributed by atoms with Crippen molar-refractivity contribution in [3.05, 3.63) is 52.6 Å². The molecule has 2 N–H and O–H groups in total. The van der Waals surface area contributed by atoms with E-state index < -0.39 is 4.92 Å². The van der Waals surface area contributed by atoms with Gasteiger partial charge in [-0.25, -0.2) is 0 Å². The molecule has 2 rings (SSSR count). The molecule has 0 aliphatic rings. The van der Waals surface area contributed by atoms with Crippen LogP contribution in [0.15, 0.2) is 52.3 Å². The summed E-state index contributed by atoms with van der Waals surface area (Å²) in [5.74, 6) is -0.370. The number of phenolic OH excluding ortho intramolecular Hbond substituents is 2. The number of hydrogen-bond donors (Lipinski definition) is 2. The number of aromatic hydroxyl groups is 2. The molecule has 2 aromatic carbocycles. The maximum Gasteiger partial charge on any atom is 0.269 e. The van der Waals surface area contributed by atoms with Gasteiger partial charge in [-0.2, -0.15) is 0 Å². The number of nitro groups is 1. The molecule has 0 aliphatic heterocycles. The molecule has 0 amide bonds. The fourth-order valence-electron chi connectivity index (χ4n) is 1.34. The predicted octanol–water partition coefficient (Wildman–Crippen LogP) is 3.16. The van der Waals surface area contributed by atoms with E-state index in [0.29, 0.717) is 0 Å². The molecule has 0 aliphatic carbocycles. The Labute approximate surface area is 107 Å². The fourth-order valence-corrected chi connectivity index (χ4v) is 2.19. The first kappa shape index (κ1) is 12.3. The standard InChI is InChI=1S/C12H9NO4S/c14-11-6-5-10(7-12(11)15)18-9-3-1-8(2-4-9)13(16)17/h1-7,14-15H. The van der Waals surface area contributed by atoms with E-state index in [2.05, 4.69) is 0 Å². The zero-order chi connectivity index (χ0) is 13.1. The van der Waals surface area contributed by atoms with Crippen molar-refractivity contribution >= 4 is 17.4 Å². The average Bonchev–Trinajstić information content (AvgIpc) is 2.34. The van der Waals surface area contributed by atoms with Crippen LogP contribution in [0.1, 0.15) is 0 Å². The lowest BCUT2D eigenvalue weighted by molar-refractivity contribution is -0.384. The van der Waals surface area contributed by atoms with E-state index in [4.69, 9.17) is 0 Å². The third-order valence-electron chi connectivity index (χ3n) is 2.23. The van der Waals surface area contributed by atoms with Crippen molar-refractivity contribution in [2.75, 3.05) is 0 Å². The summed E-state index contributed by atoms with van der Waals surface area (Å²) in [6.45, 7) is 0. The highest BCUT2D eigenvalue weighted by Gasteiger charge is 2.06. The monoisotopic (exact) mass is 263 g/mol. The van der Waals surface area contributed by atoms with Crippen LogP contribution in [0.2, 0.25) is 0 Å². The van der Waals surface area contributed by atoms with Gasteiger partial charge in [-0.05, 0) is 30.3 Å². The molecule has 2 aromatic rings. The van der Waals surface area contributed by atoms with Gasteiger partial charge in [0.25, 0.3) is 5.69 Å². The number of benzene rings is 2. The van der Waals surface area contributed by atoms with Crippen LogP contribution < -0.4 is 0 Å². The number of nitro benzene ring substituents is 1. The van der Waals surface area contributed by atoms with Crippen LogP contribution in [-0.4, -0.2) is 15.1 Å². The predicted molar refractivity (Wildman–Crippen MR) is 67.0 cm³/mol. The van der Waals surface area contributed by atoms with E-state index in [-0.39, 0.29) is 17.2 Å². The quantitative estimate of drug-likeness (QED) is 0.505. The highest BCUT2D eigenvalue weighted by Crippen LogP contribution is 2.34. The average molecular weight is 263 g/mol. The minimum Gasteiger partial charge on any atom is -0.504 e. The summed E-state index contributed by atoms with van der Waals surface area (Å²) in [4.78, 5) is 11.6. The maximum absolute atomic E-state index is 10.5. The van der Waals surface area contributed by atoms with Gasteiger partial charge in [0.05, 0.1) is 4.92 Å². The molecule has 0 radical (unpaired) electrons. The van der Waals surface area contributed by atoms with Crippen molar-refractivity contribution in [2.45, 2.75) is 9.79 Å². The Morgan fingerprint density at radius 1 is 0.944 bits per heavy atom. The van der Waals surface area contributed by atoms with Crippen LogP contribution in [0.25, 0.3) is 0 Å². The Morgan fingerprint density at radius 3 is 2.11 bits per heavy atom. The van der Waals surface area contributed by atoms with Gasteiger partial charge in [0.15, 0.2) is 11.5 Å². The number of phenols is 2. The molecule has 0 heterocycles. The molecular weight excluding hydrogens is 254 g/mol. The minimum atomic E-state index is -0.458. The van der Waals surface area contributed by atoms with Crippen molar-refractivity contribution in [2.24, 2.45) is 0 Å². The summed E-state index contributed by atoms with van der Waals surface area (Å²) >= 11 is 1.34. The molecule has 0 spiro atoms. The van der Waals surface area contributed by atoms with Gasteiger partial charge >= 0.3 is 0 Å². The zero-order valence-corrected chi connectivity index (χ0v) is 9.92. The van der Waals surface area contributed by atoms with E-state index in [1.165, 1.54) is 36.0 Å². The lowest BCUT2D eigenvalue weighted by Gasteiger charge is -2.03. The first-order chi connectivity index (χ1) is 8.56. The first-order valence-electron chi connectivity index (χ1n) is 5.00. The van der Waals surface area contributed by atoms with E-state index in [1.807, 2.05) is 0 Å². The van der Waals surface area contributed by atoms with Gasteiger partial charge < -0.3 is 10.2 Å². The summed E-state index contributed by atoms with van der Waals surface area (Å²) < 4.78 is 0. The number of rotatable bonds is 3. The molecule has 5 nitrogen and oxygen atoms in total. The second-order valence-electron chi connectivity index (χ2n) is 3.50. The smallest absolute Gasteiger partial charge is 0.269 e. The highest BCUT2D eigenvalue weighted by molar-refractivity contribution is 7.99. The highest BCUT2D eigenvalue weighted by atomic mass is 32.2. The number of hydrogen-bond acceptors (Lipinski definition) is 5. The Hall–Kier alpha value is -2.21. The van der Waals surface area contributed by atoms with Crippen molar-refractivity contribution in [3.63, 3.8) is 0 Å². The molecule has 0 saturated heterocycles. The van der Waals surface area contributed by atoms with E-state index in [9.17, 15) is 20.3 Å². The summed E-state index contributed by atoms with van der Waals surface area (Å²) in [6.07, 6.45) is 0. The van der Waals surface area contributed by atoms with E-state index >= 15 is 0 Å². The van der Waals surface area contributed by atoms with Crippen molar-refractivity contribution in [1.29, 1.82) is 0 Å². The van der Waals surface area contributed by atoms with Crippen LogP contribution in [0.3, 0.4) is 0 Å². The van der Waals surface area contributed by atoms with Crippen LogP contribution in [0.4, 0.5) is 5.69 Å². The first-order valence-corrected chi connectivity index (χ1v) is 5.82. The van der Waals surface area contributed by atoms with Gasteiger partial charge in [-0.15, -0.1) is 0 Å². The summed E-state index contributed by atoms with van der Waals surface area (Å²) in [7, 11) is 0. The minimum absolute atomic E-state index is 0.0351. The molecule has 6 heteroatoms. The normalized spacial score (nSPS) is 10.2. The second-order valence-corrected chi connectivity index (χ2v) is 4.65. The molecule has 0 fully saturated rings. The third kappa shape index (κ3) is 2.72. The molecular formula is C12H9NO4S. The van der Waals surface area contributed by atoms with Crippen molar-refractivity contribution < 1.29 is 15.1 Å². The Morgan fingerprint density at radius 2 is 1.56 bits per heavy atom. The summed E-state index contributed by atoms with van der Waals surface area (Å²) in [5, 5.41) is 29.0. The van der Waals surface area contributed by atoms with Gasteiger partial charge in [-0.1, -0.05) is 11.8 Å². The van der Waals surface area contributed by atoms with E-state index in [0.717, 1.165) is 9.79 Å². The summed E-state index contributed by atoms with van der Waals surface area (Å²) in [6, 6.07) is 10.6. The molecule has 0 bridgehead atoms. The maximum atomic E-state index is 10.5. The third-order valence-corrected chi connectivity index (χ3v) is 3.23. The lowest BCUT2D eigenvalue weighted by Crippen LogP contribution is -1.86. The van der Waals surface area contributed by atoms with Crippen LogP contribution >= 0.6 is 11.8 Å². The zero-order valence-electron chi connectivity index (χ0n) is 9.11. The fraction of sp³-hybridized carbons (Fsp3) is 0. The van der Waals surface area contributed by atoms with Crippen molar-refractivity contribution in [3.8, 4) is 11.5 Å². The van der Waals surface area contributed by atoms with Crippen LogP contribution in [0.5, 0.6) is 11.5 Å². The Bertz CT molecular complexity index is 583. The van der Waals surface area contributed by atoms with Crippen LogP contribution in [0, 0.1) is 10.1 Å². The van der Waals surface area contributed by atoms with Crippen LogP contribution in [-0.2, 0) is 0 Å². The Balaban J connectivity index is 2.18. The second kappa shape index (κ2) is 4.97. The van der Waals surface area contributed by atoms with Crippen molar-refractivity contribution in [1.82, 2.24) is 0 Å². The van der Waals surface area contributed by atoms with E-state index in [1.54, 1.807) is 18.2 Å². The molecule has 0 unspecified atom stereocenters.